The van der Waals surface area contributed by atoms with Gasteiger partial charge in [0.15, 0.2) is 0 Å². The van der Waals surface area contributed by atoms with Gasteiger partial charge in [-0.15, -0.1) is 11.3 Å². The fourth-order valence-electron chi connectivity index (χ4n) is 2.42. The van der Waals surface area contributed by atoms with Gasteiger partial charge in [-0.05, 0) is 50.6 Å². The normalized spacial score (nSPS) is 12.7. The third kappa shape index (κ3) is 3.71. The molecule has 1 heterocycles. The molecule has 1 nitrogen and oxygen atoms in total. The predicted molar refractivity (Wildman–Crippen MR) is 88.0 cm³/mol. The van der Waals surface area contributed by atoms with Gasteiger partial charge in [-0.25, -0.2) is 8.78 Å². The second-order valence-electron chi connectivity index (χ2n) is 5.04. The molecule has 0 spiro atoms. The molecule has 0 saturated heterocycles. The van der Waals surface area contributed by atoms with Crippen LogP contribution in [0, 0.1) is 25.5 Å². The Labute approximate surface area is 136 Å². The quantitative estimate of drug-likeness (QED) is 0.729. The Bertz CT molecular complexity index is 616. The Balaban J connectivity index is 2.53. The van der Waals surface area contributed by atoms with E-state index >= 15 is 0 Å². The minimum absolute atomic E-state index is 0.0903. The first-order valence-corrected chi connectivity index (χ1v) is 8.49. The molecule has 2 aromatic rings. The molecule has 114 valence electrons. The molecular weight excluding hydrogens is 356 g/mol. The molecule has 0 radical (unpaired) electrons. The minimum Gasteiger partial charge on any atom is -0.306 e. The highest BCUT2D eigenvalue weighted by Crippen LogP contribution is 2.34. The van der Waals surface area contributed by atoms with E-state index in [1.54, 1.807) is 11.3 Å². The van der Waals surface area contributed by atoms with Crippen LogP contribution in [-0.2, 0) is 0 Å². The lowest BCUT2D eigenvalue weighted by molar-refractivity contribution is 0.502. The van der Waals surface area contributed by atoms with Gasteiger partial charge in [0, 0.05) is 19.8 Å². The average molecular weight is 374 g/mol. The van der Waals surface area contributed by atoms with Crippen molar-refractivity contribution in [3.8, 4) is 0 Å². The zero-order valence-electron chi connectivity index (χ0n) is 12.3. The fraction of sp³-hybridized carbons (Fsp3) is 0.375. The van der Waals surface area contributed by atoms with Crippen LogP contribution >= 0.6 is 27.3 Å². The zero-order valence-corrected chi connectivity index (χ0v) is 14.7. The number of nitrogens with one attached hydrogen (secondary N) is 1. The van der Waals surface area contributed by atoms with E-state index in [0.29, 0.717) is 11.0 Å². The van der Waals surface area contributed by atoms with Crippen LogP contribution in [0.5, 0.6) is 0 Å². The van der Waals surface area contributed by atoms with Gasteiger partial charge in [-0.2, -0.15) is 0 Å². The van der Waals surface area contributed by atoms with E-state index in [0.717, 1.165) is 21.7 Å². The number of hydrogen-bond acceptors (Lipinski definition) is 2. The monoisotopic (exact) mass is 373 g/mol. The first-order chi connectivity index (χ1) is 9.93. The summed E-state index contributed by atoms with van der Waals surface area (Å²) in [6, 6.07) is 4.18. The third-order valence-corrected chi connectivity index (χ3v) is 4.76. The maximum atomic E-state index is 14.3. The van der Waals surface area contributed by atoms with E-state index in [1.807, 2.05) is 26.8 Å². The molecule has 0 aliphatic rings. The van der Waals surface area contributed by atoms with Crippen molar-refractivity contribution in [1.82, 2.24) is 5.32 Å². The van der Waals surface area contributed by atoms with Crippen molar-refractivity contribution in [1.29, 1.82) is 0 Å². The van der Waals surface area contributed by atoms with Crippen LogP contribution in [0.2, 0.25) is 0 Å². The van der Waals surface area contributed by atoms with Gasteiger partial charge in [0.2, 0.25) is 0 Å². The van der Waals surface area contributed by atoms with E-state index < -0.39 is 17.7 Å². The molecule has 1 aromatic carbocycles. The van der Waals surface area contributed by atoms with Gasteiger partial charge in [-0.1, -0.05) is 22.9 Å². The Morgan fingerprint density at radius 3 is 2.29 bits per heavy atom. The number of aryl methyl sites for hydroxylation is 2. The second kappa shape index (κ2) is 6.99. The predicted octanol–water partition coefficient (Wildman–Crippen LogP) is 5.49. The van der Waals surface area contributed by atoms with Crippen molar-refractivity contribution in [2.24, 2.45) is 0 Å². The van der Waals surface area contributed by atoms with Gasteiger partial charge in [-0.3, -0.25) is 0 Å². The molecule has 5 heteroatoms. The smallest absolute Gasteiger partial charge is 0.132 e. The molecule has 1 unspecified atom stereocenters. The van der Waals surface area contributed by atoms with Crippen LogP contribution in [0.1, 0.15) is 40.3 Å². The molecular formula is C16H18BrF2NS. The van der Waals surface area contributed by atoms with Crippen LogP contribution in [-0.4, -0.2) is 6.54 Å². The summed E-state index contributed by atoms with van der Waals surface area (Å²) in [5, 5.41) is 3.27. The third-order valence-electron chi connectivity index (χ3n) is 3.32. The van der Waals surface area contributed by atoms with E-state index in [1.165, 1.54) is 12.1 Å². The highest BCUT2D eigenvalue weighted by molar-refractivity contribution is 9.10. The molecule has 0 aliphatic heterocycles. The average Bonchev–Trinajstić information content (AvgIpc) is 2.71. The molecule has 1 atom stereocenters. The summed E-state index contributed by atoms with van der Waals surface area (Å²) in [5.74, 6) is -1.06. The van der Waals surface area contributed by atoms with Crippen molar-refractivity contribution in [3.63, 3.8) is 0 Å². The lowest BCUT2D eigenvalue weighted by Gasteiger charge is -2.21. The maximum Gasteiger partial charge on any atom is 0.132 e. The van der Waals surface area contributed by atoms with Crippen molar-refractivity contribution < 1.29 is 8.78 Å². The minimum atomic E-state index is -0.529. The molecule has 21 heavy (non-hydrogen) atoms. The molecule has 0 bridgehead atoms. The first kappa shape index (κ1) is 16.6. The van der Waals surface area contributed by atoms with Crippen molar-refractivity contribution >= 4 is 27.3 Å². The molecule has 0 amide bonds. The van der Waals surface area contributed by atoms with E-state index in [9.17, 15) is 8.78 Å². The summed E-state index contributed by atoms with van der Waals surface area (Å²) in [7, 11) is 0. The number of hydrogen-bond donors (Lipinski definition) is 1. The van der Waals surface area contributed by atoms with Gasteiger partial charge >= 0.3 is 0 Å². The Morgan fingerprint density at radius 2 is 1.81 bits per heavy atom. The summed E-state index contributed by atoms with van der Waals surface area (Å²) in [6.07, 6.45) is 0.901. The molecule has 0 aliphatic carbocycles. The molecule has 1 aromatic heterocycles. The number of benzene rings is 1. The highest BCUT2D eigenvalue weighted by Gasteiger charge is 2.24. The Morgan fingerprint density at radius 1 is 1.19 bits per heavy atom. The Kier molecular flexibility index (Phi) is 5.52. The Hall–Kier alpha value is -0.780. The summed E-state index contributed by atoms with van der Waals surface area (Å²) < 4.78 is 29.0. The van der Waals surface area contributed by atoms with Gasteiger partial charge in [0.1, 0.15) is 11.6 Å². The molecule has 0 fully saturated rings. The van der Waals surface area contributed by atoms with E-state index in [4.69, 9.17) is 0 Å². The zero-order chi connectivity index (χ0) is 15.6. The standard InChI is InChI=1S/C16H18BrF2NS/c1-4-5-20-16(12-6-9(2)21-10(12)3)15-13(18)7-11(17)8-14(15)19/h6-8,16,20H,4-5H2,1-3H3. The van der Waals surface area contributed by atoms with Crippen molar-refractivity contribution in [2.75, 3.05) is 6.54 Å². The molecule has 0 saturated carbocycles. The summed E-state index contributed by atoms with van der Waals surface area (Å²) in [5.41, 5.74) is 1.04. The molecule has 1 N–H and O–H groups in total. The van der Waals surface area contributed by atoms with Gasteiger partial charge < -0.3 is 5.32 Å². The van der Waals surface area contributed by atoms with Crippen LogP contribution in [0.3, 0.4) is 0 Å². The van der Waals surface area contributed by atoms with Crippen LogP contribution in [0.15, 0.2) is 22.7 Å². The summed E-state index contributed by atoms with van der Waals surface area (Å²) >= 11 is 4.77. The summed E-state index contributed by atoms with van der Waals surface area (Å²) in [6.45, 7) is 6.73. The largest absolute Gasteiger partial charge is 0.306 e. The highest BCUT2D eigenvalue weighted by atomic mass is 79.9. The second-order valence-corrected chi connectivity index (χ2v) is 7.41. The van der Waals surface area contributed by atoms with Crippen LogP contribution in [0.25, 0.3) is 0 Å². The number of rotatable bonds is 5. The summed E-state index contributed by atoms with van der Waals surface area (Å²) in [4.78, 5) is 2.23. The maximum absolute atomic E-state index is 14.3. The van der Waals surface area contributed by atoms with Crippen LogP contribution < -0.4 is 5.32 Å². The van der Waals surface area contributed by atoms with Gasteiger partial charge in [0.25, 0.3) is 0 Å². The van der Waals surface area contributed by atoms with Gasteiger partial charge in [0.05, 0.1) is 6.04 Å². The first-order valence-electron chi connectivity index (χ1n) is 6.88. The molecule has 2 rings (SSSR count). The van der Waals surface area contributed by atoms with Crippen LogP contribution in [0.4, 0.5) is 8.78 Å². The van der Waals surface area contributed by atoms with E-state index in [2.05, 4.69) is 21.2 Å². The topological polar surface area (TPSA) is 12.0 Å². The van der Waals surface area contributed by atoms with Crippen molar-refractivity contribution in [2.45, 2.75) is 33.2 Å². The van der Waals surface area contributed by atoms with Crippen molar-refractivity contribution in [3.05, 3.63) is 55.2 Å². The lowest BCUT2D eigenvalue weighted by Crippen LogP contribution is -2.25. The number of halogens is 3. The lowest BCUT2D eigenvalue weighted by atomic mass is 9.97. The fourth-order valence-corrected chi connectivity index (χ4v) is 3.79. The SMILES string of the molecule is CCCNC(c1cc(C)sc1C)c1c(F)cc(Br)cc1F. The number of thiophene rings is 1. The van der Waals surface area contributed by atoms with E-state index in [-0.39, 0.29) is 5.56 Å².